The molecule has 0 bridgehead atoms. The fourth-order valence-electron chi connectivity index (χ4n) is 0.824. The predicted octanol–water partition coefficient (Wildman–Crippen LogP) is 0.735. The van der Waals surface area contributed by atoms with Gasteiger partial charge in [-0.15, -0.1) is 11.3 Å². The van der Waals surface area contributed by atoms with Crippen molar-refractivity contribution in [1.82, 2.24) is 10.0 Å². The number of nitrogens with zero attached hydrogens (tertiary/aromatic N) is 2. The molecule has 0 aliphatic rings. The maximum atomic E-state index is 11.5. The maximum Gasteiger partial charge on any atom is 0.296 e. The molecule has 1 N–H and O–H groups in total. The van der Waals surface area contributed by atoms with E-state index >= 15 is 0 Å². The molecule has 1 aromatic heterocycles. The van der Waals surface area contributed by atoms with Crippen LogP contribution < -0.4 is 5.32 Å². The van der Waals surface area contributed by atoms with E-state index in [0.29, 0.717) is 5.13 Å². The molecule has 0 aliphatic heterocycles. The number of anilines is 1. The average molecular weight is 229 g/mol. The SMILES string of the molecule is CON(C)C(=O)c1csc(NC(C)=O)n1. The molecule has 0 radical (unpaired) electrons. The molecule has 1 heterocycles. The number of amides is 2. The van der Waals surface area contributed by atoms with Gasteiger partial charge in [-0.2, -0.15) is 0 Å². The summed E-state index contributed by atoms with van der Waals surface area (Å²) in [4.78, 5) is 30.9. The molecule has 0 unspecified atom stereocenters. The Labute approximate surface area is 90.8 Å². The Morgan fingerprint density at radius 3 is 2.80 bits per heavy atom. The fraction of sp³-hybridized carbons (Fsp3) is 0.375. The van der Waals surface area contributed by atoms with Gasteiger partial charge < -0.3 is 5.32 Å². The number of hydrogen-bond acceptors (Lipinski definition) is 5. The smallest absolute Gasteiger partial charge is 0.296 e. The number of rotatable bonds is 3. The first-order valence-electron chi connectivity index (χ1n) is 4.10. The van der Waals surface area contributed by atoms with E-state index in [1.54, 1.807) is 5.38 Å². The number of thiazole rings is 1. The van der Waals surface area contributed by atoms with Crippen molar-refractivity contribution in [3.63, 3.8) is 0 Å². The molecule has 0 fully saturated rings. The van der Waals surface area contributed by atoms with Crippen molar-refractivity contribution < 1.29 is 14.4 Å². The Kier molecular flexibility index (Phi) is 3.75. The number of nitrogens with one attached hydrogen (secondary N) is 1. The minimum Gasteiger partial charge on any atom is -0.302 e. The molecule has 15 heavy (non-hydrogen) atoms. The Balaban J connectivity index is 2.75. The van der Waals surface area contributed by atoms with Crippen molar-refractivity contribution in [3.8, 4) is 0 Å². The lowest BCUT2D eigenvalue weighted by molar-refractivity contribution is -0.114. The first-order valence-corrected chi connectivity index (χ1v) is 4.98. The van der Waals surface area contributed by atoms with Crippen molar-refractivity contribution in [1.29, 1.82) is 0 Å². The molecule has 0 atom stereocenters. The van der Waals surface area contributed by atoms with Crippen LogP contribution in [0.3, 0.4) is 0 Å². The number of carbonyl (C=O) groups is 2. The average Bonchev–Trinajstić information content (AvgIpc) is 2.63. The van der Waals surface area contributed by atoms with Gasteiger partial charge in [0, 0.05) is 19.4 Å². The van der Waals surface area contributed by atoms with E-state index < -0.39 is 0 Å². The zero-order valence-corrected chi connectivity index (χ0v) is 9.42. The lowest BCUT2D eigenvalue weighted by atomic mass is 10.5. The highest BCUT2D eigenvalue weighted by molar-refractivity contribution is 7.14. The van der Waals surface area contributed by atoms with Crippen LogP contribution in [-0.4, -0.2) is 36.0 Å². The van der Waals surface area contributed by atoms with Gasteiger partial charge in [-0.1, -0.05) is 0 Å². The van der Waals surface area contributed by atoms with Crippen LogP contribution in [0.5, 0.6) is 0 Å². The van der Waals surface area contributed by atoms with Gasteiger partial charge in [0.05, 0.1) is 7.11 Å². The van der Waals surface area contributed by atoms with Crippen molar-refractivity contribution >= 4 is 28.3 Å². The summed E-state index contributed by atoms with van der Waals surface area (Å²) in [5, 5.41) is 5.51. The summed E-state index contributed by atoms with van der Waals surface area (Å²) in [5.74, 6) is -0.575. The van der Waals surface area contributed by atoms with Crippen molar-refractivity contribution in [2.24, 2.45) is 0 Å². The largest absolute Gasteiger partial charge is 0.302 e. The van der Waals surface area contributed by atoms with Gasteiger partial charge in [-0.05, 0) is 0 Å². The Hall–Kier alpha value is -1.47. The van der Waals surface area contributed by atoms with E-state index in [4.69, 9.17) is 4.84 Å². The molecule has 7 heteroatoms. The van der Waals surface area contributed by atoms with Gasteiger partial charge in [0.2, 0.25) is 5.91 Å². The molecule has 1 aromatic rings. The third-order valence-electron chi connectivity index (χ3n) is 1.57. The number of hydrogen-bond donors (Lipinski definition) is 1. The summed E-state index contributed by atoms with van der Waals surface area (Å²) in [7, 11) is 2.87. The van der Waals surface area contributed by atoms with Gasteiger partial charge in [0.15, 0.2) is 5.13 Å². The van der Waals surface area contributed by atoms with Crippen LogP contribution in [0, 0.1) is 0 Å². The lowest BCUT2D eigenvalue weighted by Gasteiger charge is -2.10. The van der Waals surface area contributed by atoms with Gasteiger partial charge >= 0.3 is 0 Å². The normalized spacial score (nSPS) is 9.80. The van der Waals surface area contributed by atoms with E-state index in [2.05, 4.69) is 10.3 Å². The topological polar surface area (TPSA) is 71.5 Å². The van der Waals surface area contributed by atoms with Crippen molar-refractivity contribution in [2.75, 3.05) is 19.5 Å². The molecular weight excluding hydrogens is 218 g/mol. The molecule has 1 rings (SSSR count). The van der Waals surface area contributed by atoms with Crippen LogP contribution in [-0.2, 0) is 9.63 Å². The molecule has 0 saturated heterocycles. The molecular formula is C8H11N3O3S. The highest BCUT2D eigenvalue weighted by Gasteiger charge is 2.15. The summed E-state index contributed by atoms with van der Waals surface area (Å²) in [6, 6.07) is 0. The number of carbonyl (C=O) groups excluding carboxylic acids is 2. The second-order valence-corrected chi connectivity index (χ2v) is 3.56. The molecule has 0 aliphatic carbocycles. The van der Waals surface area contributed by atoms with Gasteiger partial charge in [-0.3, -0.25) is 14.4 Å². The lowest BCUT2D eigenvalue weighted by Crippen LogP contribution is -2.25. The van der Waals surface area contributed by atoms with Crippen LogP contribution >= 0.6 is 11.3 Å². The predicted molar refractivity (Wildman–Crippen MR) is 55.5 cm³/mol. The fourth-order valence-corrected chi connectivity index (χ4v) is 1.55. The summed E-state index contributed by atoms with van der Waals surface area (Å²) in [5.41, 5.74) is 0.244. The zero-order valence-electron chi connectivity index (χ0n) is 8.60. The van der Waals surface area contributed by atoms with E-state index in [1.165, 1.54) is 32.4 Å². The Morgan fingerprint density at radius 1 is 1.60 bits per heavy atom. The minimum atomic E-state index is -0.356. The first kappa shape index (κ1) is 11.6. The van der Waals surface area contributed by atoms with E-state index in [9.17, 15) is 9.59 Å². The molecule has 0 spiro atoms. The van der Waals surface area contributed by atoms with Crippen molar-refractivity contribution in [3.05, 3.63) is 11.1 Å². The van der Waals surface area contributed by atoms with Crippen LogP contribution in [0.15, 0.2) is 5.38 Å². The Bertz CT molecular complexity index is 377. The van der Waals surface area contributed by atoms with Crippen LogP contribution in [0.25, 0.3) is 0 Å². The highest BCUT2D eigenvalue weighted by atomic mass is 32.1. The summed E-state index contributed by atoms with van der Waals surface area (Å²) >= 11 is 1.19. The number of aromatic nitrogens is 1. The summed E-state index contributed by atoms with van der Waals surface area (Å²) < 4.78 is 0. The van der Waals surface area contributed by atoms with Crippen LogP contribution in [0.1, 0.15) is 17.4 Å². The van der Waals surface area contributed by atoms with Crippen molar-refractivity contribution in [2.45, 2.75) is 6.92 Å². The summed E-state index contributed by atoms with van der Waals surface area (Å²) in [6.45, 7) is 1.38. The van der Waals surface area contributed by atoms with E-state index in [-0.39, 0.29) is 17.5 Å². The monoisotopic (exact) mass is 229 g/mol. The first-order chi connectivity index (χ1) is 7.04. The molecule has 6 nitrogen and oxygen atoms in total. The Morgan fingerprint density at radius 2 is 2.27 bits per heavy atom. The maximum absolute atomic E-state index is 11.5. The zero-order chi connectivity index (χ0) is 11.4. The molecule has 82 valence electrons. The third kappa shape index (κ3) is 3.00. The molecule has 2 amide bonds. The third-order valence-corrected chi connectivity index (χ3v) is 2.32. The van der Waals surface area contributed by atoms with E-state index in [1.807, 2.05) is 0 Å². The van der Waals surface area contributed by atoms with Crippen LogP contribution in [0.4, 0.5) is 5.13 Å². The second kappa shape index (κ2) is 4.85. The van der Waals surface area contributed by atoms with Gasteiger partial charge in [0.25, 0.3) is 5.91 Å². The van der Waals surface area contributed by atoms with Gasteiger partial charge in [0.1, 0.15) is 5.69 Å². The standard InChI is InChI=1S/C8H11N3O3S/c1-5(12)9-8-10-6(4-15-8)7(13)11(2)14-3/h4H,1-3H3,(H,9,10,12). The summed E-state index contributed by atoms with van der Waals surface area (Å²) in [6.07, 6.45) is 0. The van der Waals surface area contributed by atoms with Gasteiger partial charge in [-0.25, -0.2) is 10.0 Å². The number of hydroxylamine groups is 2. The van der Waals surface area contributed by atoms with E-state index in [0.717, 1.165) is 5.06 Å². The molecule has 0 saturated carbocycles. The highest BCUT2D eigenvalue weighted by Crippen LogP contribution is 2.16. The minimum absolute atomic E-state index is 0.219. The molecule has 0 aromatic carbocycles. The second-order valence-electron chi connectivity index (χ2n) is 2.70. The quantitative estimate of drug-likeness (QED) is 0.776. The van der Waals surface area contributed by atoms with Crippen LogP contribution in [0.2, 0.25) is 0 Å².